The fourth-order valence-electron chi connectivity index (χ4n) is 3.42. The van der Waals surface area contributed by atoms with Gasteiger partial charge in [-0.1, -0.05) is 75.7 Å². The van der Waals surface area contributed by atoms with E-state index in [4.69, 9.17) is 9.84 Å². The van der Waals surface area contributed by atoms with Crippen LogP contribution in [-0.4, -0.2) is 47.7 Å². The van der Waals surface area contributed by atoms with Gasteiger partial charge in [-0.2, -0.15) is 0 Å². The molecule has 214 valence electrons. The van der Waals surface area contributed by atoms with E-state index in [-0.39, 0.29) is 19.1 Å². The van der Waals surface area contributed by atoms with Crippen LogP contribution in [0.3, 0.4) is 0 Å². The Morgan fingerprint density at radius 3 is 2.08 bits per heavy atom. The number of halogens is 2. The number of benzene rings is 2. The first-order chi connectivity index (χ1) is 19.0. The van der Waals surface area contributed by atoms with Gasteiger partial charge in [0.2, 0.25) is 11.8 Å². The first kappa shape index (κ1) is 32.7. The summed E-state index contributed by atoms with van der Waals surface area (Å²) in [7, 11) is 0. The summed E-state index contributed by atoms with van der Waals surface area (Å²) in [5.74, 6) is 4.58. The summed E-state index contributed by atoms with van der Waals surface area (Å²) < 4.78 is 5.21. The molecule has 40 heavy (non-hydrogen) atoms. The van der Waals surface area contributed by atoms with Gasteiger partial charge >= 0.3 is 12.2 Å². The van der Waals surface area contributed by atoms with Crippen LogP contribution in [-0.2, 0) is 31.6 Å². The maximum atomic E-state index is 12.5. The lowest BCUT2D eigenvalue weighted by Crippen LogP contribution is -2.53. The highest BCUT2D eigenvalue weighted by Gasteiger charge is 2.26. The molecule has 2 aromatic rings. The van der Waals surface area contributed by atoms with Crippen LogP contribution in [0.2, 0.25) is 0 Å². The number of carbonyl (C=O) groups is 4. The summed E-state index contributed by atoms with van der Waals surface area (Å²) in [6.45, 7) is 5.04. The zero-order chi connectivity index (χ0) is 29.7. The van der Waals surface area contributed by atoms with E-state index in [1.807, 2.05) is 12.1 Å². The van der Waals surface area contributed by atoms with Crippen LogP contribution < -0.4 is 21.3 Å². The molecule has 0 unspecified atom stereocenters. The molecule has 0 aliphatic carbocycles. The smallest absolute Gasteiger partial charge is 0.408 e. The van der Waals surface area contributed by atoms with E-state index in [2.05, 4.69) is 71.0 Å². The van der Waals surface area contributed by atoms with Gasteiger partial charge in [-0.05, 0) is 53.8 Å². The second kappa shape index (κ2) is 16.5. The Kier molecular flexibility index (Phi) is 13.5. The Labute approximate surface area is 250 Å². The van der Waals surface area contributed by atoms with Crippen molar-refractivity contribution in [3.63, 3.8) is 0 Å². The van der Waals surface area contributed by atoms with Gasteiger partial charge in [-0.3, -0.25) is 9.59 Å². The lowest BCUT2D eigenvalue weighted by Gasteiger charge is -2.22. The van der Waals surface area contributed by atoms with Crippen LogP contribution in [0.15, 0.2) is 42.5 Å². The largest absolute Gasteiger partial charge is 0.465 e. The van der Waals surface area contributed by atoms with Crippen molar-refractivity contribution in [2.24, 2.45) is 5.92 Å². The molecule has 0 aliphatic heterocycles. The molecule has 12 heteroatoms. The summed E-state index contributed by atoms with van der Waals surface area (Å²) in [6, 6.07) is 10.8. The number of carboxylic acid groups (broad SMARTS) is 1. The molecule has 0 saturated carbocycles. The predicted molar refractivity (Wildman–Crippen MR) is 159 cm³/mol. The fourth-order valence-corrected chi connectivity index (χ4v) is 4.07. The van der Waals surface area contributed by atoms with Crippen LogP contribution in [0.25, 0.3) is 0 Å². The zero-order valence-corrected chi connectivity index (χ0v) is 25.5. The first-order valence-electron chi connectivity index (χ1n) is 12.4. The number of ether oxygens (including phenoxy) is 1. The molecule has 4 amide bonds. The van der Waals surface area contributed by atoms with Crippen molar-refractivity contribution in [1.82, 2.24) is 16.0 Å². The third kappa shape index (κ3) is 11.3. The number of anilines is 1. The van der Waals surface area contributed by atoms with E-state index in [1.54, 1.807) is 38.1 Å². The van der Waals surface area contributed by atoms with E-state index >= 15 is 0 Å². The summed E-state index contributed by atoms with van der Waals surface area (Å²) in [4.78, 5) is 47.8. The van der Waals surface area contributed by atoms with E-state index in [1.165, 1.54) is 6.92 Å². The van der Waals surface area contributed by atoms with Crippen molar-refractivity contribution in [2.45, 2.75) is 50.1 Å². The normalized spacial score (nSPS) is 11.8. The molecular formula is C28H32Br2N4O6. The number of amides is 4. The average Bonchev–Trinajstić information content (AvgIpc) is 2.92. The van der Waals surface area contributed by atoms with Crippen LogP contribution in [0.4, 0.5) is 15.3 Å². The monoisotopic (exact) mass is 678 g/mol. The zero-order valence-electron chi connectivity index (χ0n) is 22.3. The quantitative estimate of drug-likeness (QED) is 0.175. The Morgan fingerprint density at radius 1 is 0.900 bits per heavy atom. The molecule has 0 heterocycles. The van der Waals surface area contributed by atoms with Gasteiger partial charge in [0.25, 0.3) is 0 Å². The predicted octanol–water partition coefficient (Wildman–Crippen LogP) is 4.49. The third-order valence-corrected chi connectivity index (χ3v) is 6.78. The molecule has 2 rings (SSSR count). The van der Waals surface area contributed by atoms with Crippen molar-refractivity contribution in [2.75, 3.05) is 11.9 Å². The molecule has 10 nitrogen and oxygen atoms in total. The minimum absolute atomic E-state index is 0.0228. The van der Waals surface area contributed by atoms with Gasteiger partial charge in [-0.15, -0.1) is 0 Å². The Morgan fingerprint density at radius 2 is 1.52 bits per heavy atom. The topological polar surface area (TPSA) is 146 Å². The lowest BCUT2D eigenvalue weighted by atomic mass is 10.0. The average molecular weight is 680 g/mol. The van der Waals surface area contributed by atoms with Crippen molar-refractivity contribution >= 4 is 61.5 Å². The summed E-state index contributed by atoms with van der Waals surface area (Å²) in [5.41, 5.74) is 4.27. The maximum absolute atomic E-state index is 12.5. The molecule has 5 N–H and O–H groups in total. The lowest BCUT2D eigenvalue weighted by molar-refractivity contribution is -0.128. The number of hydrogen-bond acceptors (Lipinski definition) is 5. The van der Waals surface area contributed by atoms with Crippen LogP contribution in [0.5, 0.6) is 0 Å². The van der Waals surface area contributed by atoms with Crippen molar-refractivity contribution < 1.29 is 29.0 Å². The second-order valence-corrected chi connectivity index (χ2v) is 10.2. The number of nitrogens with one attached hydrogen (secondary N) is 4. The molecule has 0 aromatic heterocycles. The van der Waals surface area contributed by atoms with Gasteiger partial charge in [-0.25, -0.2) is 9.59 Å². The van der Waals surface area contributed by atoms with Crippen LogP contribution >= 0.6 is 31.9 Å². The highest BCUT2D eigenvalue weighted by atomic mass is 79.9. The highest BCUT2D eigenvalue weighted by molar-refractivity contribution is 9.08. The third-order valence-electron chi connectivity index (χ3n) is 5.49. The SMILES string of the molecule is CC(C)[C@H](NC(=O)O)C(=O)N[C@@H](C)C(=O)Nc1ccc(COC(=O)NCC#Cc2cc(CBr)cc(CBr)c2)cc1. The van der Waals surface area contributed by atoms with Gasteiger partial charge < -0.3 is 31.1 Å². The molecule has 0 bridgehead atoms. The van der Waals surface area contributed by atoms with Gasteiger partial charge in [0, 0.05) is 21.9 Å². The summed E-state index contributed by atoms with van der Waals surface area (Å²) in [6.07, 6.45) is -1.93. The van der Waals surface area contributed by atoms with Crippen LogP contribution in [0, 0.1) is 17.8 Å². The highest BCUT2D eigenvalue weighted by Crippen LogP contribution is 2.15. The molecule has 0 aliphatic rings. The minimum atomic E-state index is -1.32. The molecule has 2 aromatic carbocycles. The number of rotatable bonds is 11. The number of alkyl carbamates (subject to hydrolysis) is 1. The Bertz CT molecular complexity index is 1240. The van der Waals surface area contributed by atoms with E-state index < -0.39 is 36.1 Å². The van der Waals surface area contributed by atoms with Gasteiger partial charge in [0.1, 0.15) is 18.7 Å². The van der Waals surface area contributed by atoms with Crippen molar-refractivity contribution in [3.8, 4) is 11.8 Å². The molecular weight excluding hydrogens is 648 g/mol. The van der Waals surface area contributed by atoms with Crippen molar-refractivity contribution in [3.05, 3.63) is 64.7 Å². The van der Waals surface area contributed by atoms with Crippen molar-refractivity contribution in [1.29, 1.82) is 0 Å². The molecule has 0 saturated heterocycles. The summed E-state index contributed by atoms with van der Waals surface area (Å²) >= 11 is 6.90. The maximum Gasteiger partial charge on any atom is 0.408 e. The van der Waals surface area contributed by atoms with Gasteiger partial charge in [0.15, 0.2) is 0 Å². The molecule has 0 fully saturated rings. The number of carbonyl (C=O) groups excluding carboxylic acids is 3. The van der Waals surface area contributed by atoms with Gasteiger partial charge in [0.05, 0.1) is 6.54 Å². The fraction of sp³-hybridized carbons (Fsp3) is 0.357. The minimum Gasteiger partial charge on any atom is -0.465 e. The van der Waals surface area contributed by atoms with E-state index in [0.717, 1.165) is 27.4 Å². The van der Waals surface area contributed by atoms with E-state index in [0.29, 0.717) is 11.3 Å². The first-order valence-corrected chi connectivity index (χ1v) is 14.6. The standard InChI is InChI=1S/C28H32Br2N4O6/c1-17(2)24(34-27(37)38)26(36)32-18(3)25(35)33-23-8-6-19(7-9-23)16-40-28(39)31-10-4-5-20-11-21(14-29)13-22(12-20)15-30/h6-9,11-13,17-18,24,34H,10,14-16H2,1-3H3,(H,31,39)(H,32,36)(H,33,35)(H,37,38)/t18-,24-/m0/s1. The molecule has 0 radical (unpaired) electrons. The Hall–Kier alpha value is -3.56. The molecule has 2 atom stereocenters. The second-order valence-electron chi connectivity index (χ2n) is 9.12. The van der Waals surface area contributed by atoms with Crippen LogP contribution in [0.1, 0.15) is 43.0 Å². The number of hydrogen-bond donors (Lipinski definition) is 5. The Balaban J connectivity index is 1.79. The molecule has 0 spiro atoms. The summed E-state index contributed by atoms with van der Waals surface area (Å²) in [5, 5.41) is 20.3. The number of alkyl halides is 2. The van der Waals surface area contributed by atoms with E-state index in [9.17, 15) is 19.2 Å².